The summed E-state index contributed by atoms with van der Waals surface area (Å²) in [5.74, 6) is -1.51. The van der Waals surface area contributed by atoms with Crippen molar-refractivity contribution in [2.24, 2.45) is 0 Å². The van der Waals surface area contributed by atoms with Crippen molar-refractivity contribution in [2.45, 2.75) is 89.4 Å². The Hall–Kier alpha value is -3.63. The summed E-state index contributed by atoms with van der Waals surface area (Å²) in [6.45, 7) is 5.43. The number of alkyl carbamates (subject to hydrolysis) is 1. The maximum Gasteiger partial charge on any atom is 0.410 e. The van der Waals surface area contributed by atoms with Crippen molar-refractivity contribution in [3.8, 4) is 0 Å². The number of ether oxygens (including phenoxy) is 3. The molecular formula is C27H34FN3O7. The van der Waals surface area contributed by atoms with Crippen LogP contribution in [0.5, 0.6) is 0 Å². The van der Waals surface area contributed by atoms with E-state index in [4.69, 9.17) is 14.2 Å². The van der Waals surface area contributed by atoms with Gasteiger partial charge in [-0.05, 0) is 51.7 Å². The fraction of sp³-hybridized carbons (Fsp3) is 0.556. The first-order valence-corrected chi connectivity index (χ1v) is 12.7. The molecule has 11 heteroatoms. The highest BCUT2D eigenvalue weighted by atomic mass is 19.1. The lowest BCUT2D eigenvalue weighted by molar-refractivity contribution is -0.153. The molecule has 0 unspecified atom stereocenters. The van der Waals surface area contributed by atoms with E-state index in [1.165, 1.54) is 23.0 Å². The molecule has 3 amide bonds. The molecule has 0 aliphatic carbocycles. The molecule has 4 atom stereocenters. The Kier molecular flexibility index (Phi) is 7.94. The number of nitrogens with zero attached hydrogens (tertiary/aromatic N) is 2. The lowest BCUT2D eigenvalue weighted by Gasteiger charge is -2.33. The van der Waals surface area contributed by atoms with Gasteiger partial charge in [0, 0.05) is 18.5 Å². The van der Waals surface area contributed by atoms with E-state index in [1.807, 2.05) is 6.08 Å². The normalized spacial score (nSPS) is 25.9. The fourth-order valence-electron chi connectivity index (χ4n) is 5.20. The van der Waals surface area contributed by atoms with Crippen molar-refractivity contribution < 1.29 is 37.8 Å². The van der Waals surface area contributed by atoms with Crippen molar-refractivity contribution in [1.82, 2.24) is 15.1 Å². The molecule has 1 N–H and O–H groups in total. The van der Waals surface area contributed by atoms with Gasteiger partial charge in [-0.15, -0.1) is 0 Å². The topological polar surface area (TPSA) is 114 Å². The van der Waals surface area contributed by atoms with E-state index >= 15 is 0 Å². The zero-order chi connectivity index (χ0) is 27.6. The highest BCUT2D eigenvalue weighted by Crippen LogP contribution is 2.34. The van der Waals surface area contributed by atoms with Gasteiger partial charge in [-0.3, -0.25) is 9.69 Å². The third kappa shape index (κ3) is 5.92. The van der Waals surface area contributed by atoms with Gasteiger partial charge >= 0.3 is 18.2 Å². The molecule has 0 aromatic heterocycles. The van der Waals surface area contributed by atoms with E-state index in [9.17, 15) is 23.6 Å². The number of amides is 3. The molecule has 38 heavy (non-hydrogen) atoms. The molecule has 3 aliphatic heterocycles. The van der Waals surface area contributed by atoms with Crippen molar-refractivity contribution in [3.05, 3.63) is 47.3 Å². The lowest BCUT2D eigenvalue weighted by atomic mass is 10.1. The third-order valence-corrected chi connectivity index (χ3v) is 6.90. The number of carbonyl (C=O) groups is 4. The monoisotopic (exact) mass is 531 g/mol. The molecule has 3 aliphatic rings. The number of nitrogens with one attached hydrogen (secondary N) is 1. The van der Waals surface area contributed by atoms with Gasteiger partial charge in [-0.25, -0.2) is 18.8 Å². The van der Waals surface area contributed by atoms with Crippen LogP contribution in [0.3, 0.4) is 0 Å². The van der Waals surface area contributed by atoms with Gasteiger partial charge in [0.05, 0.1) is 19.7 Å². The Morgan fingerprint density at radius 1 is 1.13 bits per heavy atom. The van der Waals surface area contributed by atoms with Crippen LogP contribution in [0.25, 0.3) is 0 Å². The standard InChI is InChI=1S/C27H34FN3O7/c1-27(2,3)38-25(34)29-19-11-6-5-7-12-20-22(13-21(24(33)36-4)31(20)23(19)32)37-26(35)30-14-16-9-8-10-18(28)17(16)15-30/h5-6,8-10,19-22H,7,11-15H2,1-4H3,(H,29,34)/b6-5+/t19-,20-,21-,22+/m0/s1. The van der Waals surface area contributed by atoms with Crippen LogP contribution in [0, 0.1) is 5.82 Å². The maximum absolute atomic E-state index is 14.2. The molecule has 3 heterocycles. The summed E-state index contributed by atoms with van der Waals surface area (Å²) in [6.07, 6.45) is 2.75. The van der Waals surface area contributed by atoms with Gasteiger partial charge in [0.1, 0.15) is 29.6 Å². The Labute approximate surface area is 221 Å². The van der Waals surface area contributed by atoms with Crippen LogP contribution in [0.1, 0.15) is 57.6 Å². The van der Waals surface area contributed by atoms with Crippen LogP contribution >= 0.6 is 0 Å². The highest BCUT2D eigenvalue weighted by Gasteiger charge is 2.51. The number of fused-ring (bicyclic) bond motifs is 2. The lowest BCUT2D eigenvalue weighted by Crippen LogP contribution is -2.55. The van der Waals surface area contributed by atoms with Gasteiger partial charge in [0.15, 0.2) is 0 Å². The molecule has 0 spiro atoms. The summed E-state index contributed by atoms with van der Waals surface area (Å²) < 4.78 is 30.4. The number of esters is 1. The number of hydrogen-bond donors (Lipinski definition) is 1. The minimum atomic E-state index is -0.996. The minimum Gasteiger partial charge on any atom is -0.467 e. The number of allylic oxidation sites excluding steroid dienone is 1. The molecule has 0 radical (unpaired) electrons. The molecular weight excluding hydrogens is 497 g/mol. The largest absolute Gasteiger partial charge is 0.467 e. The summed E-state index contributed by atoms with van der Waals surface area (Å²) in [5.41, 5.74) is 0.397. The van der Waals surface area contributed by atoms with E-state index < -0.39 is 53.9 Å². The second kappa shape index (κ2) is 11.0. The molecule has 10 nitrogen and oxygen atoms in total. The Morgan fingerprint density at radius 3 is 2.58 bits per heavy atom. The SMILES string of the molecule is COC(=O)[C@@H]1C[C@@H](OC(=O)N2Cc3cccc(F)c3C2)[C@@H]2CC/C=C/C[C@H](NC(=O)OC(C)(C)C)C(=O)N12. The predicted molar refractivity (Wildman–Crippen MR) is 133 cm³/mol. The first kappa shape index (κ1) is 27.4. The van der Waals surface area contributed by atoms with Crippen LogP contribution < -0.4 is 5.32 Å². The quantitative estimate of drug-likeness (QED) is 0.361. The van der Waals surface area contributed by atoms with Crippen LogP contribution in [-0.2, 0) is 36.9 Å². The van der Waals surface area contributed by atoms with Crippen LogP contribution in [0.15, 0.2) is 30.4 Å². The Bertz CT molecular complexity index is 1130. The first-order chi connectivity index (χ1) is 18.0. The van der Waals surface area contributed by atoms with E-state index in [1.54, 1.807) is 39.0 Å². The van der Waals surface area contributed by atoms with Gasteiger partial charge < -0.3 is 24.4 Å². The Balaban J connectivity index is 1.54. The number of benzene rings is 1. The molecule has 1 fully saturated rings. The van der Waals surface area contributed by atoms with Gasteiger partial charge in [0.25, 0.3) is 0 Å². The minimum absolute atomic E-state index is 0.0485. The van der Waals surface area contributed by atoms with E-state index in [0.717, 1.165) is 0 Å². The molecule has 1 aromatic carbocycles. The summed E-state index contributed by atoms with van der Waals surface area (Å²) in [6, 6.07) is 2.10. The van der Waals surface area contributed by atoms with Gasteiger partial charge in [-0.2, -0.15) is 0 Å². The van der Waals surface area contributed by atoms with E-state index in [-0.39, 0.29) is 31.7 Å². The number of halogens is 1. The van der Waals surface area contributed by atoms with Gasteiger partial charge in [0.2, 0.25) is 5.91 Å². The Morgan fingerprint density at radius 2 is 1.89 bits per heavy atom. The van der Waals surface area contributed by atoms with E-state index in [0.29, 0.717) is 24.0 Å². The predicted octanol–water partition coefficient (Wildman–Crippen LogP) is 3.42. The molecule has 0 saturated carbocycles. The summed E-state index contributed by atoms with van der Waals surface area (Å²) in [5, 5.41) is 2.62. The van der Waals surface area contributed by atoms with Crippen LogP contribution in [0.2, 0.25) is 0 Å². The van der Waals surface area contributed by atoms with Crippen LogP contribution in [-0.4, -0.2) is 70.8 Å². The first-order valence-electron chi connectivity index (χ1n) is 12.7. The fourth-order valence-corrected chi connectivity index (χ4v) is 5.20. The number of carbonyl (C=O) groups excluding carboxylic acids is 4. The zero-order valence-corrected chi connectivity index (χ0v) is 22.1. The van der Waals surface area contributed by atoms with Gasteiger partial charge in [-0.1, -0.05) is 24.3 Å². The summed E-state index contributed by atoms with van der Waals surface area (Å²) in [7, 11) is 1.23. The van der Waals surface area contributed by atoms with Crippen molar-refractivity contribution in [3.63, 3.8) is 0 Å². The second-order valence-corrected chi connectivity index (χ2v) is 10.7. The van der Waals surface area contributed by atoms with E-state index in [2.05, 4.69) is 5.32 Å². The third-order valence-electron chi connectivity index (χ3n) is 6.90. The average Bonchev–Trinajstić information content (AvgIpc) is 3.44. The highest BCUT2D eigenvalue weighted by molar-refractivity contribution is 5.91. The van der Waals surface area contributed by atoms with Crippen LogP contribution in [0.4, 0.5) is 14.0 Å². The average molecular weight is 532 g/mol. The van der Waals surface area contributed by atoms with Crippen molar-refractivity contribution in [1.29, 1.82) is 0 Å². The van der Waals surface area contributed by atoms with Crippen molar-refractivity contribution in [2.75, 3.05) is 7.11 Å². The summed E-state index contributed by atoms with van der Waals surface area (Å²) in [4.78, 5) is 54.9. The smallest absolute Gasteiger partial charge is 0.410 e. The maximum atomic E-state index is 14.2. The number of rotatable bonds is 3. The molecule has 4 rings (SSSR count). The molecule has 0 bridgehead atoms. The number of hydrogen-bond acceptors (Lipinski definition) is 7. The molecule has 1 saturated heterocycles. The molecule has 206 valence electrons. The van der Waals surface area contributed by atoms with Crippen molar-refractivity contribution >= 4 is 24.1 Å². The second-order valence-electron chi connectivity index (χ2n) is 10.7. The molecule has 1 aromatic rings. The number of methoxy groups -OCH3 is 1. The zero-order valence-electron chi connectivity index (χ0n) is 22.1. The summed E-state index contributed by atoms with van der Waals surface area (Å²) >= 11 is 0.